The zero-order valence-electron chi connectivity index (χ0n) is 13.3. The van der Waals surface area contributed by atoms with Crippen LogP contribution in [0.25, 0.3) is 16.9 Å². The lowest BCUT2D eigenvalue weighted by molar-refractivity contribution is 0.626. The van der Waals surface area contributed by atoms with E-state index in [0.29, 0.717) is 27.3 Å². The van der Waals surface area contributed by atoms with E-state index >= 15 is 0 Å². The SMILES string of the molecule is O=c1c2nc[nH]c2nc(SCc2cccc(F)c2)n1-c1ccc(Cl)cc1. The van der Waals surface area contributed by atoms with Gasteiger partial charge in [-0.3, -0.25) is 9.36 Å². The van der Waals surface area contributed by atoms with Gasteiger partial charge in [-0.05, 0) is 42.0 Å². The fraction of sp³-hybridized carbons (Fsp3) is 0.0556. The van der Waals surface area contributed by atoms with Gasteiger partial charge in [-0.25, -0.2) is 14.4 Å². The van der Waals surface area contributed by atoms with E-state index in [1.54, 1.807) is 30.3 Å². The maximum atomic E-state index is 13.4. The summed E-state index contributed by atoms with van der Waals surface area (Å²) < 4.78 is 14.9. The summed E-state index contributed by atoms with van der Waals surface area (Å²) in [5, 5.41) is 1.06. The summed E-state index contributed by atoms with van der Waals surface area (Å²) in [6, 6.07) is 13.3. The lowest BCUT2D eigenvalue weighted by Gasteiger charge is -2.12. The Bertz CT molecular complexity index is 1140. The number of aromatic nitrogens is 4. The molecular formula is C18H12ClFN4OS. The van der Waals surface area contributed by atoms with Gasteiger partial charge in [0.2, 0.25) is 0 Å². The molecule has 0 saturated carbocycles. The van der Waals surface area contributed by atoms with Crippen molar-refractivity contribution >= 4 is 34.5 Å². The standard InChI is InChI=1S/C18H12ClFN4OS/c19-12-4-6-14(7-5-12)24-17(25)15-16(22-10-21-15)23-18(24)26-9-11-2-1-3-13(20)8-11/h1-8,10H,9H2,(H,21,22). The number of H-pyrrole nitrogens is 1. The van der Waals surface area contributed by atoms with Crippen molar-refractivity contribution in [3.05, 3.63) is 81.6 Å². The van der Waals surface area contributed by atoms with Gasteiger partial charge < -0.3 is 4.98 Å². The fourth-order valence-corrected chi connectivity index (χ4v) is 3.63. The zero-order valence-corrected chi connectivity index (χ0v) is 14.9. The second kappa shape index (κ2) is 6.93. The highest BCUT2D eigenvalue weighted by molar-refractivity contribution is 7.98. The van der Waals surface area contributed by atoms with E-state index < -0.39 is 0 Å². The Morgan fingerprint density at radius 1 is 1.19 bits per heavy atom. The predicted octanol–water partition coefficient (Wildman–Crippen LogP) is 4.19. The largest absolute Gasteiger partial charge is 0.329 e. The van der Waals surface area contributed by atoms with Crippen LogP contribution < -0.4 is 5.56 Å². The molecule has 0 radical (unpaired) electrons. The molecule has 2 heterocycles. The number of halogens is 2. The van der Waals surface area contributed by atoms with Gasteiger partial charge in [0.25, 0.3) is 5.56 Å². The van der Waals surface area contributed by atoms with E-state index in [0.717, 1.165) is 5.56 Å². The third kappa shape index (κ3) is 3.23. The van der Waals surface area contributed by atoms with Crippen LogP contribution in [0.1, 0.15) is 5.56 Å². The minimum Gasteiger partial charge on any atom is -0.329 e. The highest BCUT2D eigenvalue weighted by atomic mass is 35.5. The number of imidazole rings is 1. The number of nitrogens with one attached hydrogen (secondary N) is 1. The first kappa shape index (κ1) is 16.8. The number of hydrogen-bond acceptors (Lipinski definition) is 4. The molecule has 0 fully saturated rings. The molecule has 2 aromatic carbocycles. The van der Waals surface area contributed by atoms with Crippen LogP contribution in [0.3, 0.4) is 0 Å². The minimum absolute atomic E-state index is 0.259. The topological polar surface area (TPSA) is 63.6 Å². The normalized spacial score (nSPS) is 11.2. The molecule has 0 saturated heterocycles. The Morgan fingerprint density at radius 3 is 2.77 bits per heavy atom. The van der Waals surface area contributed by atoms with Gasteiger partial charge in [0, 0.05) is 10.8 Å². The smallest absolute Gasteiger partial charge is 0.286 e. The van der Waals surface area contributed by atoms with Gasteiger partial charge >= 0.3 is 0 Å². The lowest BCUT2D eigenvalue weighted by Crippen LogP contribution is -2.21. The van der Waals surface area contributed by atoms with Gasteiger partial charge in [0.05, 0.1) is 12.0 Å². The van der Waals surface area contributed by atoms with Crippen molar-refractivity contribution in [3.63, 3.8) is 0 Å². The number of fused-ring (bicyclic) bond motifs is 1. The monoisotopic (exact) mass is 386 g/mol. The average molecular weight is 387 g/mol. The van der Waals surface area contributed by atoms with E-state index in [1.165, 1.54) is 34.8 Å². The van der Waals surface area contributed by atoms with E-state index in [-0.39, 0.29) is 16.9 Å². The quantitative estimate of drug-likeness (QED) is 0.422. The molecule has 26 heavy (non-hydrogen) atoms. The molecule has 2 aromatic heterocycles. The Labute approximate surface area is 156 Å². The summed E-state index contributed by atoms with van der Waals surface area (Å²) in [7, 11) is 0. The molecular weight excluding hydrogens is 375 g/mol. The third-order valence-corrected chi connectivity index (χ3v) is 5.03. The van der Waals surface area contributed by atoms with Gasteiger partial charge in [-0.1, -0.05) is 35.5 Å². The van der Waals surface area contributed by atoms with Crippen molar-refractivity contribution in [2.45, 2.75) is 10.9 Å². The van der Waals surface area contributed by atoms with Crippen LogP contribution in [0, 0.1) is 5.82 Å². The minimum atomic E-state index is -0.296. The number of rotatable bonds is 4. The molecule has 0 atom stereocenters. The first-order chi connectivity index (χ1) is 12.6. The van der Waals surface area contributed by atoms with Crippen LogP contribution in [0.15, 0.2) is 64.8 Å². The molecule has 0 aliphatic rings. The molecule has 1 N–H and O–H groups in total. The summed E-state index contributed by atoms with van der Waals surface area (Å²) in [6.45, 7) is 0. The Kier molecular flexibility index (Phi) is 4.48. The predicted molar refractivity (Wildman–Crippen MR) is 100 cm³/mol. The highest BCUT2D eigenvalue weighted by Crippen LogP contribution is 2.24. The van der Waals surface area contributed by atoms with E-state index in [2.05, 4.69) is 15.0 Å². The second-order valence-electron chi connectivity index (χ2n) is 5.53. The molecule has 5 nitrogen and oxygen atoms in total. The van der Waals surface area contributed by atoms with Gasteiger partial charge in [-0.15, -0.1) is 0 Å². The highest BCUT2D eigenvalue weighted by Gasteiger charge is 2.15. The summed E-state index contributed by atoms with van der Waals surface area (Å²) in [4.78, 5) is 24.3. The molecule has 0 unspecified atom stereocenters. The molecule has 0 aliphatic carbocycles. The van der Waals surface area contributed by atoms with Gasteiger partial charge in [0.1, 0.15) is 5.82 Å². The van der Waals surface area contributed by atoms with Crippen LogP contribution >= 0.6 is 23.4 Å². The zero-order chi connectivity index (χ0) is 18.1. The van der Waals surface area contributed by atoms with Crippen LogP contribution in [0.2, 0.25) is 5.02 Å². The molecule has 8 heteroatoms. The number of thioether (sulfide) groups is 1. The molecule has 0 amide bonds. The summed E-state index contributed by atoms with van der Waals surface area (Å²) in [5.41, 5.74) is 1.84. The number of aromatic amines is 1. The van der Waals surface area contributed by atoms with Gasteiger partial charge in [-0.2, -0.15) is 0 Å². The lowest BCUT2D eigenvalue weighted by atomic mass is 10.2. The van der Waals surface area contributed by atoms with E-state index in [4.69, 9.17) is 11.6 Å². The van der Waals surface area contributed by atoms with Crippen molar-refractivity contribution in [2.24, 2.45) is 0 Å². The van der Waals surface area contributed by atoms with Crippen LogP contribution in [0.4, 0.5) is 4.39 Å². The van der Waals surface area contributed by atoms with Crippen LogP contribution in [-0.2, 0) is 5.75 Å². The fourth-order valence-electron chi connectivity index (χ4n) is 2.56. The van der Waals surface area contributed by atoms with Gasteiger partial charge in [0.15, 0.2) is 16.3 Å². The Balaban J connectivity index is 1.80. The number of benzene rings is 2. The maximum Gasteiger partial charge on any atom is 0.286 e. The summed E-state index contributed by atoms with van der Waals surface area (Å²) in [6.07, 6.45) is 1.44. The molecule has 4 rings (SSSR count). The molecule has 0 bridgehead atoms. The summed E-state index contributed by atoms with van der Waals surface area (Å²) >= 11 is 7.30. The van der Waals surface area contributed by atoms with Crippen molar-refractivity contribution in [1.29, 1.82) is 0 Å². The number of hydrogen-bond donors (Lipinski definition) is 1. The third-order valence-electron chi connectivity index (χ3n) is 3.77. The van der Waals surface area contributed by atoms with E-state index in [1.807, 2.05) is 6.07 Å². The first-order valence-corrected chi connectivity index (χ1v) is 9.07. The van der Waals surface area contributed by atoms with Crippen molar-refractivity contribution in [3.8, 4) is 5.69 Å². The van der Waals surface area contributed by atoms with Crippen LogP contribution in [-0.4, -0.2) is 19.5 Å². The van der Waals surface area contributed by atoms with Crippen molar-refractivity contribution in [2.75, 3.05) is 0 Å². The molecule has 0 aliphatic heterocycles. The van der Waals surface area contributed by atoms with Crippen molar-refractivity contribution < 1.29 is 4.39 Å². The summed E-state index contributed by atoms with van der Waals surface area (Å²) in [5.74, 6) is 0.174. The first-order valence-electron chi connectivity index (χ1n) is 7.71. The Morgan fingerprint density at radius 2 is 2.00 bits per heavy atom. The van der Waals surface area contributed by atoms with Crippen molar-refractivity contribution in [1.82, 2.24) is 19.5 Å². The second-order valence-corrected chi connectivity index (χ2v) is 6.91. The number of nitrogens with zero attached hydrogens (tertiary/aromatic N) is 3. The Hall–Kier alpha value is -2.64. The average Bonchev–Trinajstić information content (AvgIpc) is 3.10. The molecule has 4 aromatic rings. The van der Waals surface area contributed by atoms with Crippen LogP contribution in [0.5, 0.6) is 0 Å². The maximum absolute atomic E-state index is 13.4. The van der Waals surface area contributed by atoms with E-state index in [9.17, 15) is 9.18 Å². The molecule has 130 valence electrons. The molecule has 0 spiro atoms.